The highest BCUT2D eigenvalue weighted by atomic mass is 79.9. The van der Waals surface area contributed by atoms with Gasteiger partial charge >= 0.3 is 0 Å². The molecular formula is C12H11BrO. The van der Waals surface area contributed by atoms with Crippen molar-refractivity contribution in [2.24, 2.45) is 0 Å². The minimum absolute atomic E-state index is 0.705. The number of ether oxygens (including phenoxy) is 1. The minimum atomic E-state index is 0.705. The zero-order chi connectivity index (χ0) is 10.3. The van der Waals surface area contributed by atoms with Crippen LogP contribution in [-0.2, 0) is 0 Å². The van der Waals surface area contributed by atoms with Gasteiger partial charge in [0.2, 0.25) is 0 Å². The van der Waals surface area contributed by atoms with E-state index < -0.39 is 0 Å². The smallest absolute Gasteiger partial charge is 0.135 e. The molecule has 1 aromatic carbocycles. The lowest BCUT2D eigenvalue weighted by atomic mass is 10.0. The van der Waals surface area contributed by atoms with Crippen LogP contribution in [-0.4, -0.2) is 0 Å². The molecule has 0 saturated carbocycles. The first-order valence-electron chi connectivity index (χ1n) is 4.43. The molecule has 72 valence electrons. The van der Waals surface area contributed by atoms with Gasteiger partial charge in [-0.3, -0.25) is 0 Å². The standard InChI is InChI=1S/C12H11BrO/c1-7-4-9(3)14-12-5-8(2)11(13)6-10(7)12/h4-6H,3H2,1-2H3. The lowest BCUT2D eigenvalue weighted by molar-refractivity contribution is 0.440. The number of benzene rings is 1. The summed E-state index contributed by atoms with van der Waals surface area (Å²) in [6.07, 6.45) is 1.95. The first kappa shape index (κ1) is 9.53. The van der Waals surface area contributed by atoms with Crippen molar-refractivity contribution in [1.82, 2.24) is 0 Å². The molecule has 0 saturated heterocycles. The maximum absolute atomic E-state index is 5.55. The zero-order valence-electron chi connectivity index (χ0n) is 8.23. The number of rotatable bonds is 0. The fraction of sp³-hybridized carbons (Fsp3) is 0.167. The van der Waals surface area contributed by atoms with Crippen LogP contribution < -0.4 is 4.74 Å². The molecule has 0 unspecified atom stereocenters. The number of allylic oxidation sites excluding steroid dienone is 2. The SMILES string of the molecule is C=C1C=C(C)c2cc(Br)c(C)cc2O1. The van der Waals surface area contributed by atoms with Gasteiger partial charge in [-0.2, -0.15) is 0 Å². The van der Waals surface area contributed by atoms with Crippen LogP contribution in [0.15, 0.2) is 35.0 Å². The van der Waals surface area contributed by atoms with E-state index in [1.165, 1.54) is 11.1 Å². The normalized spacial score (nSPS) is 14.5. The largest absolute Gasteiger partial charge is 0.457 e. The lowest BCUT2D eigenvalue weighted by Gasteiger charge is -2.18. The molecule has 1 aliphatic heterocycles. The second-order valence-electron chi connectivity index (χ2n) is 3.49. The Morgan fingerprint density at radius 1 is 1.29 bits per heavy atom. The van der Waals surface area contributed by atoms with Crippen molar-refractivity contribution in [2.75, 3.05) is 0 Å². The Hall–Kier alpha value is -1.02. The van der Waals surface area contributed by atoms with Crippen molar-refractivity contribution < 1.29 is 4.74 Å². The van der Waals surface area contributed by atoms with Gasteiger partial charge in [-0.15, -0.1) is 0 Å². The minimum Gasteiger partial charge on any atom is -0.457 e. The van der Waals surface area contributed by atoms with E-state index in [2.05, 4.69) is 35.5 Å². The van der Waals surface area contributed by atoms with Crippen LogP contribution in [0.4, 0.5) is 0 Å². The lowest BCUT2D eigenvalue weighted by Crippen LogP contribution is -2.01. The van der Waals surface area contributed by atoms with Crippen LogP contribution >= 0.6 is 15.9 Å². The summed E-state index contributed by atoms with van der Waals surface area (Å²) < 4.78 is 6.66. The molecule has 2 rings (SSSR count). The molecule has 1 heterocycles. The third kappa shape index (κ3) is 1.50. The second kappa shape index (κ2) is 3.28. The van der Waals surface area contributed by atoms with Gasteiger partial charge in [0.1, 0.15) is 11.5 Å². The molecule has 0 amide bonds. The topological polar surface area (TPSA) is 9.23 Å². The number of fused-ring (bicyclic) bond motifs is 1. The number of aryl methyl sites for hydroxylation is 1. The molecule has 0 radical (unpaired) electrons. The van der Waals surface area contributed by atoms with Gasteiger partial charge in [0.15, 0.2) is 0 Å². The monoisotopic (exact) mass is 250 g/mol. The van der Waals surface area contributed by atoms with Gasteiger partial charge in [0.05, 0.1) is 0 Å². The molecule has 2 heteroatoms. The molecule has 0 spiro atoms. The highest BCUT2D eigenvalue weighted by molar-refractivity contribution is 9.10. The summed E-state index contributed by atoms with van der Waals surface area (Å²) in [6.45, 7) is 7.91. The average molecular weight is 251 g/mol. The maximum atomic E-state index is 5.55. The summed E-state index contributed by atoms with van der Waals surface area (Å²) in [5.74, 6) is 1.60. The van der Waals surface area contributed by atoms with Gasteiger partial charge in [-0.1, -0.05) is 22.5 Å². The Kier molecular flexibility index (Phi) is 2.23. The first-order chi connectivity index (χ1) is 6.58. The Balaban J connectivity index is 2.64. The zero-order valence-corrected chi connectivity index (χ0v) is 9.81. The van der Waals surface area contributed by atoms with Crippen molar-refractivity contribution in [1.29, 1.82) is 0 Å². The van der Waals surface area contributed by atoms with Crippen LogP contribution in [0.25, 0.3) is 5.57 Å². The molecule has 0 aliphatic carbocycles. The number of hydrogen-bond donors (Lipinski definition) is 0. The highest BCUT2D eigenvalue weighted by Gasteiger charge is 2.14. The summed E-state index contributed by atoms with van der Waals surface area (Å²) in [5, 5.41) is 0. The van der Waals surface area contributed by atoms with Crippen molar-refractivity contribution in [3.05, 3.63) is 46.1 Å². The van der Waals surface area contributed by atoms with E-state index in [9.17, 15) is 0 Å². The highest BCUT2D eigenvalue weighted by Crippen LogP contribution is 2.36. The summed E-state index contributed by atoms with van der Waals surface area (Å²) in [7, 11) is 0. The van der Waals surface area contributed by atoms with Gasteiger partial charge in [0.25, 0.3) is 0 Å². The number of halogens is 1. The molecule has 1 aromatic rings. The predicted molar refractivity (Wildman–Crippen MR) is 62.3 cm³/mol. The van der Waals surface area contributed by atoms with Crippen LogP contribution in [0.3, 0.4) is 0 Å². The van der Waals surface area contributed by atoms with Crippen molar-refractivity contribution >= 4 is 21.5 Å². The van der Waals surface area contributed by atoms with Gasteiger partial charge in [-0.05, 0) is 43.2 Å². The van der Waals surface area contributed by atoms with Crippen LogP contribution in [0.5, 0.6) is 5.75 Å². The van der Waals surface area contributed by atoms with Gasteiger partial charge in [0, 0.05) is 10.0 Å². The Morgan fingerprint density at radius 3 is 2.71 bits per heavy atom. The molecule has 0 bridgehead atoms. The molecule has 0 atom stereocenters. The fourth-order valence-electron chi connectivity index (χ4n) is 1.54. The van der Waals surface area contributed by atoms with E-state index in [1.54, 1.807) is 0 Å². The second-order valence-corrected chi connectivity index (χ2v) is 4.35. The molecule has 0 fully saturated rings. The Morgan fingerprint density at radius 2 is 2.00 bits per heavy atom. The first-order valence-corrected chi connectivity index (χ1v) is 5.23. The van der Waals surface area contributed by atoms with Crippen molar-refractivity contribution in [3.63, 3.8) is 0 Å². The Labute approximate surface area is 92.2 Å². The van der Waals surface area contributed by atoms with Crippen molar-refractivity contribution in [3.8, 4) is 5.75 Å². The third-order valence-electron chi connectivity index (χ3n) is 2.30. The predicted octanol–water partition coefficient (Wildman–Crippen LogP) is 4.07. The van der Waals surface area contributed by atoms with Crippen LogP contribution in [0.1, 0.15) is 18.1 Å². The third-order valence-corrected chi connectivity index (χ3v) is 3.16. The van der Waals surface area contributed by atoms with Gasteiger partial charge < -0.3 is 4.74 Å². The molecular weight excluding hydrogens is 240 g/mol. The quantitative estimate of drug-likeness (QED) is 0.675. The molecule has 1 nitrogen and oxygen atoms in total. The maximum Gasteiger partial charge on any atom is 0.135 e. The van der Waals surface area contributed by atoms with Crippen LogP contribution in [0, 0.1) is 6.92 Å². The average Bonchev–Trinajstić information content (AvgIpc) is 2.08. The fourth-order valence-corrected chi connectivity index (χ4v) is 1.88. The molecule has 0 aromatic heterocycles. The molecule has 14 heavy (non-hydrogen) atoms. The summed E-state index contributed by atoms with van der Waals surface area (Å²) in [6, 6.07) is 4.12. The summed E-state index contributed by atoms with van der Waals surface area (Å²) in [4.78, 5) is 0. The molecule has 1 aliphatic rings. The molecule has 0 N–H and O–H groups in total. The van der Waals surface area contributed by atoms with E-state index in [-0.39, 0.29) is 0 Å². The summed E-state index contributed by atoms with van der Waals surface area (Å²) >= 11 is 3.51. The van der Waals surface area contributed by atoms with E-state index in [0.29, 0.717) is 5.76 Å². The van der Waals surface area contributed by atoms with E-state index in [4.69, 9.17) is 4.74 Å². The van der Waals surface area contributed by atoms with Crippen LogP contribution in [0.2, 0.25) is 0 Å². The van der Waals surface area contributed by atoms with Crippen molar-refractivity contribution in [2.45, 2.75) is 13.8 Å². The Bertz CT molecular complexity index is 444. The summed E-state index contributed by atoms with van der Waals surface area (Å²) in [5.41, 5.74) is 3.50. The number of hydrogen-bond acceptors (Lipinski definition) is 1. The van der Waals surface area contributed by atoms with E-state index >= 15 is 0 Å². The van der Waals surface area contributed by atoms with E-state index in [1.807, 2.05) is 19.1 Å². The van der Waals surface area contributed by atoms with Gasteiger partial charge in [-0.25, -0.2) is 0 Å². The van der Waals surface area contributed by atoms with E-state index in [0.717, 1.165) is 15.8 Å².